The number of rotatable bonds is 8. The fourth-order valence-corrected chi connectivity index (χ4v) is 4.82. The minimum absolute atomic E-state index is 0.00266. The number of nitrogens with two attached hydrogens (primary N) is 2. The number of halogens is 5. The molecule has 4 rings (SSSR count). The second kappa shape index (κ2) is 11.0. The van der Waals surface area contributed by atoms with E-state index >= 15 is 0 Å². The molecule has 40 heavy (non-hydrogen) atoms. The summed E-state index contributed by atoms with van der Waals surface area (Å²) in [5.41, 5.74) is 6.83. The zero-order chi connectivity index (χ0) is 29.4. The van der Waals surface area contributed by atoms with Gasteiger partial charge in [-0.15, -0.1) is 0 Å². The van der Waals surface area contributed by atoms with Crippen LogP contribution in [0.1, 0.15) is 30.4 Å². The molecule has 3 aromatic carbocycles. The maximum absolute atomic E-state index is 14.1. The van der Waals surface area contributed by atoms with Crippen LogP contribution in [0.25, 0.3) is 22.5 Å². The Morgan fingerprint density at radius 2 is 1.73 bits per heavy atom. The van der Waals surface area contributed by atoms with Crippen LogP contribution in [0, 0.1) is 0 Å². The van der Waals surface area contributed by atoms with Gasteiger partial charge in [0.25, 0.3) is 12.3 Å². The predicted octanol–water partition coefficient (Wildman–Crippen LogP) is 6.28. The van der Waals surface area contributed by atoms with Gasteiger partial charge in [0.05, 0.1) is 22.0 Å². The van der Waals surface area contributed by atoms with Gasteiger partial charge in [0.2, 0.25) is 0 Å². The summed E-state index contributed by atoms with van der Waals surface area (Å²) in [7, 11) is -3.53. The Labute approximate surface area is 233 Å². The van der Waals surface area contributed by atoms with Gasteiger partial charge in [0.15, 0.2) is 15.7 Å². The molecule has 4 N–H and O–H groups in total. The zero-order valence-electron chi connectivity index (χ0n) is 21.2. The molecular formula is C27H24ClF4N5O2S. The lowest BCUT2D eigenvalue weighted by atomic mass is 10.0. The highest BCUT2D eigenvalue weighted by atomic mass is 35.5. The van der Waals surface area contributed by atoms with Gasteiger partial charge in [-0.3, -0.25) is 9.58 Å². The number of anilines is 1. The Bertz CT molecular complexity index is 1680. The van der Waals surface area contributed by atoms with Gasteiger partial charge in [0.1, 0.15) is 5.69 Å². The fraction of sp³-hybridized carbons (Fsp3) is 0.148. The number of hydrogen-bond acceptors (Lipinski definition) is 6. The van der Waals surface area contributed by atoms with E-state index in [9.17, 15) is 26.0 Å². The van der Waals surface area contributed by atoms with Crippen molar-refractivity contribution in [2.75, 3.05) is 11.3 Å². The van der Waals surface area contributed by atoms with Gasteiger partial charge in [-0.25, -0.2) is 28.0 Å². The molecule has 0 bridgehead atoms. The largest absolute Gasteiger partial charge is 0.403 e. The van der Waals surface area contributed by atoms with E-state index in [-0.39, 0.29) is 22.0 Å². The number of sulfone groups is 1. The van der Waals surface area contributed by atoms with E-state index < -0.39 is 33.7 Å². The van der Waals surface area contributed by atoms with Crippen molar-refractivity contribution in [2.45, 2.75) is 24.2 Å². The molecule has 0 atom stereocenters. The second-order valence-electron chi connectivity index (χ2n) is 8.98. The molecule has 210 valence electrons. The first-order chi connectivity index (χ1) is 18.7. The first-order valence-electron chi connectivity index (χ1n) is 11.6. The lowest BCUT2D eigenvalue weighted by Gasteiger charge is -2.26. The Balaban J connectivity index is 1.97. The summed E-state index contributed by atoms with van der Waals surface area (Å²) >= 11 is 6.00. The summed E-state index contributed by atoms with van der Waals surface area (Å²) in [6.45, 7) is 0.554. The molecule has 0 unspecified atom stereocenters. The molecule has 4 aromatic rings. The molecule has 0 spiro atoms. The summed E-state index contributed by atoms with van der Waals surface area (Å²) in [4.78, 5) is 3.56. The van der Waals surface area contributed by atoms with E-state index in [1.807, 2.05) is 0 Å². The van der Waals surface area contributed by atoms with Crippen molar-refractivity contribution in [3.8, 4) is 16.8 Å². The highest BCUT2D eigenvalue weighted by Crippen LogP contribution is 2.37. The maximum Gasteiger partial charge on any atom is 0.295 e. The van der Waals surface area contributed by atoms with E-state index in [1.165, 1.54) is 36.5 Å². The van der Waals surface area contributed by atoms with E-state index in [1.54, 1.807) is 36.4 Å². The van der Waals surface area contributed by atoms with Crippen molar-refractivity contribution in [1.29, 1.82) is 0 Å². The van der Waals surface area contributed by atoms with Crippen molar-refractivity contribution in [1.82, 2.24) is 9.55 Å². The van der Waals surface area contributed by atoms with Crippen LogP contribution in [0.4, 0.5) is 23.2 Å². The van der Waals surface area contributed by atoms with Crippen LogP contribution in [0.5, 0.6) is 0 Å². The van der Waals surface area contributed by atoms with Crippen LogP contribution in [0.15, 0.2) is 84.0 Å². The molecule has 0 amide bonds. The molecule has 0 radical (unpaired) electrons. The normalized spacial score (nSPS) is 12.7. The quantitative estimate of drug-likeness (QED) is 0.141. The number of hydrazine groups is 1. The second-order valence-corrected chi connectivity index (χ2v) is 11.4. The highest BCUT2D eigenvalue weighted by molar-refractivity contribution is 7.90. The smallest absolute Gasteiger partial charge is 0.295 e. The molecule has 0 aliphatic carbocycles. The standard InChI is InChI=1S/C27H24ClF4N5O2S/c1-27(31,32)24-15-36(26(35-24)25(29)30)21-11-8-18(17-4-3-5-20(12-17)40(2,38)39)13-22(21)37(34)23(14-33)16-6-9-19(28)10-7-16/h3-15,25H,33-34H2,1-2H3/b23-14-. The van der Waals surface area contributed by atoms with Crippen LogP contribution < -0.4 is 16.6 Å². The average molecular weight is 594 g/mol. The van der Waals surface area contributed by atoms with Crippen LogP contribution in [0.2, 0.25) is 5.02 Å². The molecule has 7 nitrogen and oxygen atoms in total. The first-order valence-corrected chi connectivity index (χ1v) is 13.9. The van der Waals surface area contributed by atoms with Crippen LogP contribution in [0.3, 0.4) is 0 Å². The van der Waals surface area contributed by atoms with Gasteiger partial charge in [-0.1, -0.05) is 41.9 Å². The Kier molecular flexibility index (Phi) is 7.97. The Morgan fingerprint density at radius 3 is 2.30 bits per heavy atom. The molecule has 13 heteroatoms. The SMILES string of the molecule is CC(F)(F)c1cn(-c2ccc(-c3cccc(S(C)(=O)=O)c3)cc2N(N)/C(=C\N)c2ccc(Cl)cc2)c(C(F)F)n1. The van der Waals surface area contributed by atoms with Gasteiger partial charge in [-0.05, 0) is 47.5 Å². The lowest BCUT2D eigenvalue weighted by molar-refractivity contribution is 0.0127. The third kappa shape index (κ3) is 5.98. The van der Waals surface area contributed by atoms with Gasteiger partial charge >= 0.3 is 0 Å². The topological polar surface area (TPSA) is 107 Å². The van der Waals surface area contributed by atoms with E-state index in [0.717, 1.165) is 22.0 Å². The molecule has 0 aliphatic rings. The molecule has 0 aliphatic heterocycles. The molecule has 0 saturated carbocycles. The van der Waals surface area contributed by atoms with Crippen molar-refractivity contribution >= 4 is 32.8 Å². The summed E-state index contributed by atoms with van der Waals surface area (Å²) < 4.78 is 81.3. The Morgan fingerprint density at radius 1 is 1.07 bits per heavy atom. The first kappa shape index (κ1) is 29.1. The summed E-state index contributed by atoms with van der Waals surface area (Å²) in [6.07, 6.45) is -0.107. The van der Waals surface area contributed by atoms with E-state index in [2.05, 4.69) is 4.98 Å². The molecule has 1 aromatic heterocycles. The maximum atomic E-state index is 14.1. The molecule has 0 saturated heterocycles. The third-order valence-electron chi connectivity index (χ3n) is 6.03. The average Bonchev–Trinajstić information content (AvgIpc) is 3.36. The predicted molar refractivity (Wildman–Crippen MR) is 147 cm³/mol. The number of alkyl halides is 4. The number of benzene rings is 3. The fourth-order valence-electron chi connectivity index (χ4n) is 4.02. The van der Waals surface area contributed by atoms with Gasteiger partial charge < -0.3 is 5.73 Å². The van der Waals surface area contributed by atoms with Crippen molar-refractivity contribution in [2.24, 2.45) is 11.6 Å². The van der Waals surface area contributed by atoms with Crippen molar-refractivity contribution < 1.29 is 26.0 Å². The minimum Gasteiger partial charge on any atom is -0.403 e. The van der Waals surface area contributed by atoms with Gasteiger partial charge in [-0.2, -0.15) is 8.78 Å². The number of aromatic nitrogens is 2. The lowest BCUT2D eigenvalue weighted by Crippen LogP contribution is -2.31. The molecule has 0 fully saturated rings. The van der Waals surface area contributed by atoms with Crippen LogP contribution in [-0.2, 0) is 15.8 Å². The van der Waals surface area contributed by atoms with E-state index in [4.69, 9.17) is 23.2 Å². The minimum atomic E-state index is -3.53. The van der Waals surface area contributed by atoms with E-state index in [0.29, 0.717) is 28.6 Å². The van der Waals surface area contributed by atoms with Crippen molar-refractivity contribution in [3.05, 3.63) is 101 Å². The number of nitrogens with zero attached hydrogens (tertiary/aromatic N) is 3. The summed E-state index contributed by atoms with van der Waals surface area (Å²) in [6, 6.07) is 17.0. The van der Waals surface area contributed by atoms with Gasteiger partial charge in [0, 0.05) is 36.2 Å². The monoisotopic (exact) mass is 593 g/mol. The van der Waals surface area contributed by atoms with Crippen LogP contribution >= 0.6 is 11.6 Å². The molecule has 1 heterocycles. The number of imidazole rings is 1. The number of hydrogen-bond donors (Lipinski definition) is 2. The van der Waals surface area contributed by atoms with Crippen LogP contribution in [-0.4, -0.2) is 24.2 Å². The van der Waals surface area contributed by atoms with Crippen molar-refractivity contribution in [3.63, 3.8) is 0 Å². The zero-order valence-corrected chi connectivity index (χ0v) is 22.8. The highest BCUT2D eigenvalue weighted by Gasteiger charge is 2.32. The third-order valence-corrected chi connectivity index (χ3v) is 7.39. The summed E-state index contributed by atoms with van der Waals surface area (Å²) in [5, 5.41) is 1.56. The summed E-state index contributed by atoms with van der Waals surface area (Å²) in [5.74, 6) is 2.10. The molecular weight excluding hydrogens is 570 g/mol. The Hall–Kier alpha value is -3.87.